The van der Waals surface area contributed by atoms with Crippen LogP contribution in [-0.4, -0.2) is 13.1 Å². The molecule has 19 heavy (non-hydrogen) atoms. The molecular formula is C14H13IN2O2. The van der Waals surface area contributed by atoms with Crippen LogP contribution in [0, 0.1) is 3.57 Å². The number of methoxy groups -OCH3 is 1. The van der Waals surface area contributed by atoms with Gasteiger partial charge in [0.05, 0.1) is 7.11 Å². The van der Waals surface area contributed by atoms with Gasteiger partial charge in [-0.2, -0.15) is 0 Å². The molecule has 0 aliphatic heterocycles. The second-order valence-corrected chi connectivity index (χ2v) is 5.06. The maximum atomic E-state index is 11.8. The summed E-state index contributed by atoms with van der Waals surface area (Å²) in [6.07, 6.45) is 0. The van der Waals surface area contributed by atoms with Crippen molar-refractivity contribution in [2.75, 3.05) is 17.7 Å². The van der Waals surface area contributed by atoms with Crippen molar-refractivity contribution in [3.05, 3.63) is 52.1 Å². The monoisotopic (exact) mass is 368 g/mol. The molecule has 0 radical (unpaired) electrons. The molecule has 2 amide bonds. The van der Waals surface area contributed by atoms with Crippen LogP contribution in [0.25, 0.3) is 0 Å². The van der Waals surface area contributed by atoms with E-state index in [1.807, 2.05) is 24.3 Å². The van der Waals surface area contributed by atoms with Crippen LogP contribution in [0.3, 0.4) is 0 Å². The molecule has 98 valence electrons. The first-order valence-electron chi connectivity index (χ1n) is 5.65. The van der Waals surface area contributed by atoms with Crippen LogP contribution >= 0.6 is 22.6 Å². The molecule has 4 nitrogen and oxygen atoms in total. The molecule has 0 heterocycles. The minimum absolute atomic E-state index is 0.272. The fraction of sp³-hybridized carbons (Fsp3) is 0.0714. The summed E-state index contributed by atoms with van der Waals surface area (Å²) in [6.45, 7) is 0. The lowest BCUT2D eigenvalue weighted by Gasteiger charge is -2.08. The Morgan fingerprint density at radius 2 is 1.42 bits per heavy atom. The topological polar surface area (TPSA) is 50.4 Å². The van der Waals surface area contributed by atoms with Crippen LogP contribution in [0.1, 0.15) is 0 Å². The fourth-order valence-electron chi connectivity index (χ4n) is 1.50. The zero-order valence-corrected chi connectivity index (χ0v) is 12.5. The molecule has 2 aromatic rings. The zero-order valence-electron chi connectivity index (χ0n) is 10.3. The normalized spacial score (nSPS) is 9.79. The van der Waals surface area contributed by atoms with E-state index in [0.29, 0.717) is 5.69 Å². The predicted octanol–water partition coefficient (Wildman–Crippen LogP) is 3.94. The summed E-state index contributed by atoms with van der Waals surface area (Å²) in [6, 6.07) is 14.5. The standard InChI is InChI=1S/C14H13IN2O2/c1-19-13-8-6-12(7-9-13)17-14(18)16-11-4-2-10(15)3-5-11/h2-9H,1H3,(H2,16,17,18). The average Bonchev–Trinajstić information content (AvgIpc) is 2.42. The van der Waals surface area contributed by atoms with Crippen LogP contribution < -0.4 is 15.4 Å². The quantitative estimate of drug-likeness (QED) is 0.807. The van der Waals surface area contributed by atoms with Crippen LogP contribution in [0.4, 0.5) is 16.2 Å². The third-order valence-corrected chi connectivity index (χ3v) is 3.17. The van der Waals surface area contributed by atoms with Gasteiger partial charge in [0.15, 0.2) is 0 Å². The van der Waals surface area contributed by atoms with Crippen LogP contribution in [0.15, 0.2) is 48.5 Å². The van der Waals surface area contributed by atoms with Crippen LogP contribution in [0.5, 0.6) is 5.75 Å². The number of rotatable bonds is 3. The van der Waals surface area contributed by atoms with E-state index in [4.69, 9.17) is 4.74 Å². The van der Waals surface area contributed by atoms with Gasteiger partial charge >= 0.3 is 6.03 Å². The van der Waals surface area contributed by atoms with Gasteiger partial charge in [0.2, 0.25) is 0 Å². The van der Waals surface area contributed by atoms with Gasteiger partial charge in [-0.1, -0.05) is 0 Å². The van der Waals surface area contributed by atoms with Gasteiger partial charge in [-0.25, -0.2) is 4.79 Å². The minimum Gasteiger partial charge on any atom is -0.497 e. The van der Waals surface area contributed by atoms with E-state index in [1.165, 1.54) is 0 Å². The summed E-state index contributed by atoms with van der Waals surface area (Å²) < 4.78 is 6.18. The number of halogens is 1. The number of benzene rings is 2. The van der Waals surface area contributed by atoms with E-state index < -0.39 is 0 Å². The van der Waals surface area contributed by atoms with E-state index in [0.717, 1.165) is 15.0 Å². The highest BCUT2D eigenvalue weighted by Gasteiger charge is 2.02. The highest BCUT2D eigenvalue weighted by Crippen LogP contribution is 2.16. The molecule has 0 saturated heterocycles. The Bertz CT molecular complexity index is 553. The smallest absolute Gasteiger partial charge is 0.323 e. The van der Waals surface area contributed by atoms with Crippen molar-refractivity contribution in [2.45, 2.75) is 0 Å². The second-order valence-electron chi connectivity index (χ2n) is 3.81. The number of amides is 2. The number of hydrogen-bond donors (Lipinski definition) is 2. The number of nitrogens with one attached hydrogen (secondary N) is 2. The number of anilines is 2. The van der Waals surface area contributed by atoms with E-state index in [1.54, 1.807) is 31.4 Å². The Hall–Kier alpha value is -1.76. The number of ether oxygens (including phenoxy) is 1. The zero-order chi connectivity index (χ0) is 13.7. The lowest BCUT2D eigenvalue weighted by molar-refractivity contribution is 0.262. The SMILES string of the molecule is COc1ccc(NC(=O)Nc2ccc(I)cc2)cc1. The molecular weight excluding hydrogens is 355 g/mol. The van der Waals surface area contributed by atoms with E-state index in [2.05, 4.69) is 33.2 Å². The molecule has 5 heteroatoms. The van der Waals surface area contributed by atoms with Gasteiger partial charge in [0.1, 0.15) is 5.75 Å². The Balaban J connectivity index is 1.95. The van der Waals surface area contributed by atoms with Gasteiger partial charge in [-0.15, -0.1) is 0 Å². The highest BCUT2D eigenvalue weighted by atomic mass is 127. The molecule has 0 unspecified atom stereocenters. The van der Waals surface area contributed by atoms with E-state index >= 15 is 0 Å². The lowest BCUT2D eigenvalue weighted by atomic mass is 10.3. The summed E-state index contributed by atoms with van der Waals surface area (Å²) in [5, 5.41) is 5.51. The molecule has 2 rings (SSSR count). The summed E-state index contributed by atoms with van der Waals surface area (Å²) in [4.78, 5) is 11.8. The number of hydrogen-bond acceptors (Lipinski definition) is 2. The average molecular weight is 368 g/mol. The van der Waals surface area contributed by atoms with Crippen LogP contribution in [0.2, 0.25) is 0 Å². The van der Waals surface area contributed by atoms with Crippen molar-refractivity contribution in [3.8, 4) is 5.75 Å². The number of carbonyl (C=O) groups is 1. The van der Waals surface area contributed by atoms with E-state index in [-0.39, 0.29) is 6.03 Å². The summed E-state index contributed by atoms with van der Waals surface area (Å²) in [7, 11) is 1.60. The first-order chi connectivity index (χ1) is 9.17. The maximum absolute atomic E-state index is 11.8. The molecule has 2 aromatic carbocycles. The van der Waals surface area contributed by atoms with Crippen molar-refractivity contribution in [1.82, 2.24) is 0 Å². The van der Waals surface area contributed by atoms with Gasteiger partial charge < -0.3 is 15.4 Å². The Kier molecular flexibility index (Phi) is 4.62. The molecule has 0 bridgehead atoms. The van der Waals surface area contributed by atoms with Gasteiger partial charge in [0, 0.05) is 14.9 Å². The van der Waals surface area contributed by atoms with Gasteiger partial charge in [-0.3, -0.25) is 0 Å². The summed E-state index contributed by atoms with van der Waals surface area (Å²) in [5.41, 5.74) is 1.47. The summed E-state index contributed by atoms with van der Waals surface area (Å²) in [5.74, 6) is 0.753. The molecule has 0 spiro atoms. The molecule has 0 fully saturated rings. The highest BCUT2D eigenvalue weighted by molar-refractivity contribution is 14.1. The first-order valence-corrected chi connectivity index (χ1v) is 6.73. The molecule has 2 N–H and O–H groups in total. The fourth-order valence-corrected chi connectivity index (χ4v) is 1.86. The van der Waals surface area contributed by atoms with Crippen molar-refractivity contribution in [3.63, 3.8) is 0 Å². The van der Waals surface area contributed by atoms with Crippen molar-refractivity contribution in [1.29, 1.82) is 0 Å². The molecule has 0 saturated carbocycles. The number of urea groups is 1. The first kappa shape index (κ1) is 13.7. The largest absolute Gasteiger partial charge is 0.497 e. The molecule has 0 aliphatic rings. The van der Waals surface area contributed by atoms with Crippen molar-refractivity contribution >= 4 is 40.0 Å². The Morgan fingerprint density at radius 3 is 1.89 bits per heavy atom. The molecule has 0 atom stereocenters. The van der Waals surface area contributed by atoms with Crippen LogP contribution in [-0.2, 0) is 0 Å². The van der Waals surface area contributed by atoms with Crippen molar-refractivity contribution < 1.29 is 9.53 Å². The minimum atomic E-state index is -0.272. The third kappa shape index (κ3) is 4.13. The van der Waals surface area contributed by atoms with Gasteiger partial charge in [-0.05, 0) is 71.1 Å². The predicted molar refractivity (Wildman–Crippen MR) is 84.8 cm³/mol. The lowest BCUT2D eigenvalue weighted by Crippen LogP contribution is -2.19. The Labute approximate surface area is 125 Å². The van der Waals surface area contributed by atoms with Crippen molar-refractivity contribution in [2.24, 2.45) is 0 Å². The Morgan fingerprint density at radius 1 is 0.947 bits per heavy atom. The van der Waals surface area contributed by atoms with Gasteiger partial charge in [0.25, 0.3) is 0 Å². The molecule has 0 aromatic heterocycles. The second kappa shape index (κ2) is 6.42. The van der Waals surface area contributed by atoms with E-state index in [9.17, 15) is 4.79 Å². The maximum Gasteiger partial charge on any atom is 0.323 e. The summed E-state index contributed by atoms with van der Waals surface area (Å²) >= 11 is 2.22. The third-order valence-electron chi connectivity index (χ3n) is 2.45. The number of carbonyl (C=O) groups excluding carboxylic acids is 1. The molecule has 0 aliphatic carbocycles.